The van der Waals surface area contributed by atoms with Crippen LogP contribution in [-0.2, 0) is 28.8 Å². The molecule has 0 heterocycles. The quantitative estimate of drug-likeness (QED) is 0.169. The van der Waals surface area contributed by atoms with Gasteiger partial charge in [-0.3, -0.25) is 10.0 Å². The Morgan fingerprint density at radius 2 is 1.32 bits per heavy atom. The highest BCUT2D eigenvalue weighted by molar-refractivity contribution is 5.57. The van der Waals surface area contributed by atoms with E-state index in [4.69, 9.17) is 27.3 Å². The normalized spacial score (nSPS) is 12.2. The minimum absolute atomic E-state index is 0.0104. The van der Waals surface area contributed by atoms with Crippen molar-refractivity contribution in [1.82, 2.24) is 5.17 Å². The first kappa shape index (κ1) is 28.4. The third kappa shape index (κ3) is 5.72. The van der Waals surface area contributed by atoms with E-state index in [2.05, 4.69) is 63.2 Å². The number of hydroxylamine groups is 1. The molecule has 198 valence electrons. The zero-order chi connectivity index (χ0) is 27.5. The van der Waals surface area contributed by atoms with Crippen LogP contribution in [0, 0.1) is 18.8 Å². The van der Waals surface area contributed by atoms with Gasteiger partial charge in [0.05, 0.1) is 13.2 Å². The van der Waals surface area contributed by atoms with E-state index in [-0.39, 0.29) is 24.0 Å². The molecule has 7 N–H and O–H groups in total. The Kier molecular flexibility index (Phi) is 8.49. The van der Waals surface area contributed by atoms with E-state index in [1.165, 1.54) is 0 Å². The molecule has 0 amide bonds. The number of hydrazine groups is 1. The van der Waals surface area contributed by atoms with Crippen LogP contribution in [0.25, 0.3) is 0 Å². The minimum atomic E-state index is -0.388. The van der Waals surface area contributed by atoms with Crippen molar-refractivity contribution in [3.63, 3.8) is 0 Å². The number of nitrogens with two attached hydrogens (primary N) is 3. The van der Waals surface area contributed by atoms with Gasteiger partial charge in [-0.1, -0.05) is 70.2 Å². The van der Waals surface area contributed by atoms with Crippen LogP contribution in [0.1, 0.15) is 72.2 Å². The highest BCUT2D eigenvalue weighted by Gasteiger charge is 2.29. The molecule has 0 unspecified atom stereocenters. The van der Waals surface area contributed by atoms with Crippen LogP contribution < -0.4 is 22.5 Å². The van der Waals surface area contributed by atoms with Crippen LogP contribution in [0.4, 0.5) is 5.69 Å². The van der Waals surface area contributed by atoms with Gasteiger partial charge in [-0.05, 0) is 64.0 Å². The predicted molar refractivity (Wildman–Crippen MR) is 144 cm³/mol. The lowest BCUT2D eigenvalue weighted by Crippen LogP contribution is -2.27. The number of nitrogens with zero attached hydrogens (tertiary/aromatic N) is 2. The molecule has 0 aliphatic rings. The number of rotatable bonds is 10. The third-order valence-electron chi connectivity index (χ3n) is 7.28. The van der Waals surface area contributed by atoms with Crippen molar-refractivity contribution in [2.75, 3.05) is 0 Å². The summed E-state index contributed by atoms with van der Waals surface area (Å²) >= 11 is 0. The molecule has 0 aliphatic heterocycles. The Bertz CT molecular complexity index is 1270. The van der Waals surface area contributed by atoms with E-state index in [0.717, 1.165) is 38.9 Å². The number of hydrogen-bond donors (Lipinski definition) is 4. The number of aryl methyl sites for hydroxylation is 2. The van der Waals surface area contributed by atoms with Gasteiger partial charge in [0.15, 0.2) is 5.75 Å². The first-order valence-electron chi connectivity index (χ1n) is 12.0. The molecule has 9 heteroatoms. The summed E-state index contributed by atoms with van der Waals surface area (Å²) in [5.41, 5.74) is 6.85. The van der Waals surface area contributed by atoms with E-state index >= 15 is 0 Å². The lowest BCUT2D eigenvalue weighted by Gasteiger charge is -2.31. The molecule has 0 saturated heterocycles. The van der Waals surface area contributed by atoms with Crippen molar-refractivity contribution in [3.05, 3.63) is 97.9 Å². The zero-order valence-corrected chi connectivity index (χ0v) is 22.3. The molecule has 3 aromatic rings. The smallest absolute Gasteiger partial charge is 0.155 e. The molecule has 0 aliphatic carbocycles. The highest BCUT2D eigenvalue weighted by Crippen LogP contribution is 2.39. The Labute approximate surface area is 218 Å². The Morgan fingerprint density at radius 1 is 0.838 bits per heavy atom. The van der Waals surface area contributed by atoms with Gasteiger partial charge in [-0.25, -0.2) is 11.7 Å². The van der Waals surface area contributed by atoms with Crippen LogP contribution >= 0.6 is 0 Å². The maximum Gasteiger partial charge on any atom is 0.155 e. The standard InChI is InChI=1S/C28H37N5O4/c1-17-11-23(13-19(15-33(29)35)25(17)32-34)27(3,4)21-7-9-22(10-8-21)28(5,6)24-12-18(2)26(37-31)20(14-24)16-36-30/h7-14,35H,15-16,29-31H2,1-6H3. The summed E-state index contributed by atoms with van der Waals surface area (Å²) in [6.07, 6.45) is 0. The Hall–Kier alpha value is -3.18. The molecule has 0 aromatic heterocycles. The summed E-state index contributed by atoms with van der Waals surface area (Å²) in [6.45, 7) is 12.5. The van der Waals surface area contributed by atoms with Crippen LogP contribution in [-0.4, -0.2) is 10.4 Å². The van der Waals surface area contributed by atoms with Gasteiger partial charge < -0.3 is 4.84 Å². The van der Waals surface area contributed by atoms with Crippen LogP contribution in [0.15, 0.2) is 53.7 Å². The van der Waals surface area contributed by atoms with Gasteiger partial charge in [0.2, 0.25) is 0 Å². The lowest BCUT2D eigenvalue weighted by atomic mass is 9.73. The van der Waals surface area contributed by atoms with E-state index in [1.807, 2.05) is 32.0 Å². The monoisotopic (exact) mass is 507 g/mol. The SMILES string of the molecule is Cc1cc(C(C)(C)c2ccc(C(C)(C)c3cc(C)c(ON)c(CON)c3)cc2)cc(CN(N)O)c1N=O. The van der Waals surface area contributed by atoms with Crippen molar-refractivity contribution in [2.45, 2.75) is 65.5 Å². The Morgan fingerprint density at radius 3 is 1.76 bits per heavy atom. The molecular formula is C28H37N5O4. The van der Waals surface area contributed by atoms with Gasteiger partial charge in [0.1, 0.15) is 5.69 Å². The molecule has 0 atom stereocenters. The second-order valence-electron chi connectivity index (χ2n) is 10.5. The largest absolute Gasteiger partial charge is 0.411 e. The number of benzene rings is 3. The van der Waals surface area contributed by atoms with Gasteiger partial charge in [-0.2, -0.15) is 5.90 Å². The third-order valence-corrected chi connectivity index (χ3v) is 7.28. The second kappa shape index (κ2) is 11.1. The second-order valence-corrected chi connectivity index (χ2v) is 10.5. The average molecular weight is 508 g/mol. The average Bonchev–Trinajstić information content (AvgIpc) is 2.83. The first-order valence-corrected chi connectivity index (χ1v) is 12.0. The molecular weight excluding hydrogens is 470 g/mol. The summed E-state index contributed by atoms with van der Waals surface area (Å²) in [5.74, 6) is 16.8. The molecule has 9 nitrogen and oxygen atoms in total. The molecule has 0 radical (unpaired) electrons. The predicted octanol–water partition coefficient (Wildman–Crippen LogP) is 5.06. The van der Waals surface area contributed by atoms with Crippen molar-refractivity contribution in [1.29, 1.82) is 0 Å². The fourth-order valence-electron chi connectivity index (χ4n) is 4.85. The summed E-state index contributed by atoms with van der Waals surface area (Å²) in [7, 11) is 0. The topological polar surface area (TPSA) is 149 Å². The number of hydrogen-bond acceptors (Lipinski definition) is 9. The summed E-state index contributed by atoms with van der Waals surface area (Å²) in [4.78, 5) is 21.3. The molecule has 3 aromatic carbocycles. The van der Waals surface area contributed by atoms with Crippen LogP contribution in [0.5, 0.6) is 5.75 Å². The van der Waals surface area contributed by atoms with E-state index in [9.17, 15) is 10.1 Å². The van der Waals surface area contributed by atoms with Crippen molar-refractivity contribution >= 4 is 5.69 Å². The van der Waals surface area contributed by atoms with Gasteiger partial charge in [-0.15, -0.1) is 10.1 Å². The van der Waals surface area contributed by atoms with Crippen LogP contribution in [0.2, 0.25) is 0 Å². The summed E-state index contributed by atoms with van der Waals surface area (Å²) < 4.78 is 0. The maximum absolute atomic E-state index is 11.4. The molecule has 0 spiro atoms. The molecule has 3 rings (SSSR count). The summed E-state index contributed by atoms with van der Waals surface area (Å²) in [6, 6.07) is 16.4. The van der Waals surface area contributed by atoms with E-state index in [0.29, 0.717) is 22.2 Å². The molecule has 0 bridgehead atoms. The zero-order valence-electron chi connectivity index (χ0n) is 22.3. The van der Waals surface area contributed by atoms with Gasteiger partial charge in [0.25, 0.3) is 0 Å². The fraction of sp³-hybridized carbons (Fsp3) is 0.357. The van der Waals surface area contributed by atoms with Crippen molar-refractivity contribution < 1.29 is 14.9 Å². The summed E-state index contributed by atoms with van der Waals surface area (Å²) in [5, 5.41) is 13.3. The highest BCUT2D eigenvalue weighted by atomic mass is 16.6. The molecule has 0 saturated carbocycles. The van der Waals surface area contributed by atoms with Crippen molar-refractivity contribution in [3.8, 4) is 5.75 Å². The van der Waals surface area contributed by atoms with Gasteiger partial charge in [0, 0.05) is 16.4 Å². The van der Waals surface area contributed by atoms with E-state index < -0.39 is 0 Å². The maximum atomic E-state index is 11.4. The Balaban J connectivity index is 2.01. The molecule has 0 fully saturated rings. The molecule has 37 heavy (non-hydrogen) atoms. The van der Waals surface area contributed by atoms with Gasteiger partial charge >= 0.3 is 0 Å². The fourth-order valence-corrected chi connectivity index (χ4v) is 4.85. The lowest BCUT2D eigenvalue weighted by molar-refractivity contribution is -0.102. The first-order chi connectivity index (χ1) is 17.4. The minimum Gasteiger partial charge on any atom is -0.411 e. The van der Waals surface area contributed by atoms with Crippen molar-refractivity contribution in [2.24, 2.45) is 22.8 Å². The number of nitroso groups, excluding NO2 is 1. The van der Waals surface area contributed by atoms with Crippen LogP contribution in [0.3, 0.4) is 0 Å². The van der Waals surface area contributed by atoms with E-state index in [1.54, 1.807) is 0 Å².